The highest BCUT2D eigenvalue weighted by molar-refractivity contribution is 7.98. The second-order valence-electron chi connectivity index (χ2n) is 4.22. The highest BCUT2D eigenvalue weighted by Crippen LogP contribution is 2.20. The molecule has 1 aliphatic rings. The van der Waals surface area contributed by atoms with Crippen LogP contribution in [0.4, 0.5) is 4.79 Å². The highest BCUT2D eigenvalue weighted by Gasteiger charge is 2.41. The Bertz CT molecular complexity index is 435. The maximum atomic E-state index is 11.5. The molecule has 1 saturated heterocycles. The van der Waals surface area contributed by atoms with E-state index < -0.39 is 11.6 Å². The second kappa shape index (κ2) is 4.79. The van der Waals surface area contributed by atoms with Gasteiger partial charge in [0, 0.05) is 11.5 Å². The van der Waals surface area contributed by atoms with Gasteiger partial charge in [-0.1, -0.05) is 30.3 Å². The molecular formula is C12H14N2O2S. The van der Waals surface area contributed by atoms with Gasteiger partial charge >= 0.3 is 6.03 Å². The lowest BCUT2D eigenvalue weighted by molar-refractivity contribution is -0.122. The third kappa shape index (κ3) is 2.79. The van der Waals surface area contributed by atoms with Crippen LogP contribution in [0.5, 0.6) is 0 Å². The summed E-state index contributed by atoms with van der Waals surface area (Å²) in [6.45, 7) is 1.74. The molecule has 0 radical (unpaired) electrons. The van der Waals surface area contributed by atoms with Crippen LogP contribution in [0.25, 0.3) is 0 Å². The fraction of sp³-hybridized carbons (Fsp3) is 0.333. The number of thioether (sulfide) groups is 1. The predicted molar refractivity (Wildman–Crippen MR) is 67.7 cm³/mol. The van der Waals surface area contributed by atoms with Gasteiger partial charge in [-0.15, -0.1) is 0 Å². The highest BCUT2D eigenvalue weighted by atomic mass is 32.2. The first-order chi connectivity index (χ1) is 8.10. The molecule has 1 aromatic rings. The summed E-state index contributed by atoms with van der Waals surface area (Å²) in [7, 11) is 0. The SMILES string of the molecule is CC1(CSCc2ccccc2)NC(=O)NC1=O. The van der Waals surface area contributed by atoms with Crippen molar-refractivity contribution in [3.05, 3.63) is 35.9 Å². The first-order valence-corrected chi connectivity index (χ1v) is 6.51. The van der Waals surface area contributed by atoms with Crippen LogP contribution in [0.1, 0.15) is 12.5 Å². The second-order valence-corrected chi connectivity index (χ2v) is 5.20. The van der Waals surface area contributed by atoms with E-state index in [0.29, 0.717) is 5.75 Å². The summed E-state index contributed by atoms with van der Waals surface area (Å²) in [6, 6.07) is 9.63. The summed E-state index contributed by atoms with van der Waals surface area (Å²) in [4.78, 5) is 22.6. The first-order valence-electron chi connectivity index (χ1n) is 5.35. The largest absolute Gasteiger partial charge is 0.323 e. The van der Waals surface area contributed by atoms with Gasteiger partial charge in [0.15, 0.2) is 0 Å². The van der Waals surface area contributed by atoms with Crippen molar-refractivity contribution in [2.24, 2.45) is 0 Å². The molecule has 5 heteroatoms. The van der Waals surface area contributed by atoms with Gasteiger partial charge in [-0.05, 0) is 12.5 Å². The van der Waals surface area contributed by atoms with Crippen LogP contribution in [-0.4, -0.2) is 23.2 Å². The van der Waals surface area contributed by atoms with Gasteiger partial charge < -0.3 is 5.32 Å². The predicted octanol–water partition coefficient (Wildman–Crippen LogP) is 1.52. The summed E-state index contributed by atoms with van der Waals surface area (Å²) in [5.41, 5.74) is 0.433. The Labute approximate surface area is 104 Å². The molecule has 0 saturated carbocycles. The lowest BCUT2D eigenvalue weighted by atomic mass is 10.1. The molecule has 0 bridgehead atoms. The Morgan fingerprint density at radius 1 is 1.24 bits per heavy atom. The van der Waals surface area contributed by atoms with Crippen LogP contribution in [-0.2, 0) is 10.5 Å². The summed E-state index contributed by atoms with van der Waals surface area (Å²) < 4.78 is 0. The third-order valence-electron chi connectivity index (χ3n) is 2.62. The number of nitrogens with one attached hydrogen (secondary N) is 2. The van der Waals surface area contributed by atoms with Gasteiger partial charge in [-0.25, -0.2) is 4.79 Å². The molecule has 1 unspecified atom stereocenters. The zero-order valence-electron chi connectivity index (χ0n) is 9.53. The average Bonchev–Trinajstić information content (AvgIpc) is 2.54. The molecule has 1 atom stereocenters. The topological polar surface area (TPSA) is 58.2 Å². The van der Waals surface area contributed by atoms with Gasteiger partial charge in [0.05, 0.1) is 0 Å². The Balaban J connectivity index is 1.87. The molecule has 0 aliphatic carbocycles. The van der Waals surface area contributed by atoms with E-state index in [1.54, 1.807) is 18.7 Å². The van der Waals surface area contributed by atoms with Crippen LogP contribution in [0.2, 0.25) is 0 Å². The monoisotopic (exact) mass is 250 g/mol. The Morgan fingerprint density at radius 2 is 1.94 bits per heavy atom. The van der Waals surface area contributed by atoms with E-state index in [0.717, 1.165) is 5.75 Å². The van der Waals surface area contributed by atoms with Crippen LogP contribution < -0.4 is 10.6 Å². The zero-order valence-corrected chi connectivity index (χ0v) is 10.3. The molecule has 1 aromatic carbocycles. The van der Waals surface area contributed by atoms with E-state index in [2.05, 4.69) is 10.6 Å². The molecule has 17 heavy (non-hydrogen) atoms. The molecule has 1 heterocycles. The third-order valence-corrected chi connectivity index (χ3v) is 3.94. The van der Waals surface area contributed by atoms with Crippen molar-refractivity contribution >= 4 is 23.7 Å². The Morgan fingerprint density at radius 3 is 2.53 bits per heavy atom. The molecule has 1 fully saturated rings. The van der Waals surface area contributed by atoms with E-state index in [1.165, 1.54) is 5.56 Å². The normalized spacial score (nSPS) is 23.4. The van der Waals surface area contributed by atoms with Crippen molar-refractivity contribution in [2.45, 2.75) is 18.2 Å². The lowest BCUT2D eigenvalue weighted by Gasteiger charge is -2.19. The number of amides is 3. The number of carbonyl (C=O) groups excluding carboxylic acids is 2. The summed E-state index contributed by atoms with van der Waals surface area (Å²) in [5, 5.41) is 4.90. The number of rotatable bonds is 4. The van der Waals surface area contributed by atoms with Crippen LogP contribution >= 0.6 is 11.8 Å². The van der Waals surface area contributed by atoms with Gasteiger partial charge in [0.1, 0.15) is 5.54 Å². The van der Waals surface area contributed by atoms with Gasteiger partial charge in [0.25, 0.3) is 5.91 Å². The van der Waals surface area contributed by atoms with Crippen molar-refractivity contribution in [3.63, 3.8) is 0 Å². The van der Waals surface area contributed by atoms with Crippen molar-refractivity contribution in [3.8, 4) is 0 Å². The van der Waals surface area contributed by atoms with E-state index in [9.17, 15) is 9.59 Å². The molecular weight excluding hydrogens is 236 g/mol. The first kappa shape index (κ1) is 12.0. The molecule has 3 amide bonds. The van der Waals surface area contributed by atoms with Crippen molar-refractivity contribution in [2.75, 3.05) is 5.75 Å². The number of imide groups is 1. The number of hydrogen-bond acceptors (Lipinski definition) is 3. The smallest absolute Gasteiger partial charge is 0.322 e. The standard InChI is InChI=1S/C12H14N2O2S/c1-12(10(15)13-11(16)14-12)8-17-7-9-5-3-2-4-6-9/h2-6H,7-8H2,1H3,(H2,13,14,15,16). The quantitative estimate of drug-likeness (QED) is 0.797. The van der Waals surface area contributed by atoms with E-state index in [1.807, 2.05) is 30.3 Å². The summed E-state index contributed by atoms with van der Waals surface area (Å²) in [6.07, 6.45) is 0. The van der Waals surface area contributed by atoms with Crippen LogP contribution in [0.3, 0.4) is 0 Å². The molecule has 2 rings (SSSR count). The fourth-order valence-corrected chi connectivity index (χ4v) is 2.77. The molecule has 0 aromatic heterocycles. The van der Waals surface area contributed by atoms with E-state index in [-0.39, 0.29) is 5.91 Å². The maximum absolute atomic E-state index is 11.5. The number of hydrogen-bond donors (Lipinski definition) is 2. The minimum atomic E-state index is -0.781. The van der Waals surface area contributed by atoms with Gasteiger partial charge in [0.2, 0.25) is 0 Å². The molecule has 2 N–H and O–H groups in total. The van der Waals surface area contributed by atoms with Crippen molar-refractivity contribution in [1.82, 2.24) is 10.6 Å². The lowest BCUT2D eigenvalue weighted by Crippen LogP contribution is -2.46. The average molecular weight is 250 g/mol. The van der Waals surface area contributed by atoms with E-state index in [4.69, 9.17) is 0 Å². The van der Waals surface area contributed by atoms with Crippen molar-refractivity contribution < 1.29 is 9.59 Å². The molecule has 0 spiro atoms. The number of carbonyl (C=O) groups is 2. The maximum Gasteiger partial charge on any atom is 0.322 e. The minimum absolute atomic E-state index is 0.247. The molecule has 1 aliphatic heterocycles. The van der Waals surface area contributed by atoms with Crippen molar-refractivity contribution in [1.29, 1.82) is 0 Å². The van der Waals surface area contributed by atoms with Gasteiger partial charge in [-0.2, -0.15) is 11.8 Å². The molecule has 4 nitrogen and oxygen atoms in total. The number of urea groups is 1. The van der Waals surface area contributed by atoms with Crippen LogP contribution in [0.15, 0.2) is 30.3 Å². The Kier molecular flexibility index (Phi) is 3.38. The van der Waals surface area contributed by atoms with Gasteiger partial charge in [-0.3, -0.25) is 10.1 Å². The summed E-state index contributed by atoms with van der Waals surface area (Å²) >= 11 is 1.63. The van der Waals surface area contributed by atoms with Crippen LogP contribution in [0, 0.1) is 0 Å². The fourth-order valence-electron chi connectivity index (χ4n) is 1.63. The Hall–Kier alpha value is -1.49. The molecule has 90 valence electrons. The van der Waals surface area contributed by atoms with E-state index >= 15 is 0 Å². The zero-order chi connectivity index (χ0) is 12.3. The summed E-state index contributed by atoms with van der Waals surface area (Å²) in [5.74, 6) is 1.15. The number of benzene rings is 1. The minimum Gasteiger partial charge on any atom is -0.323 e.